The van der Waals surface area contributed by atoms with E-state index in [1.807, 2.05) is 23.5 Å². The maximum Gasteiger partial charge on any atom is 0.113 e. The van der Waals surface area contributed by atoms with Gasteiger partial charge in [0.2, 0.25) is 0 Å². The van der Waals surface area contributed by atoms with Gasteiger partial charge in [0.05, 0.1) is 23.0 Å². The first-order chi connectivity index (χ1) is 20.3. The van der Waals surface area contributed by atoms with Gasteiger partial charge in [0, 0.05) is 6.54 Å². The molecule has 0 N–H and O–H groups in total. The first-order valence-electron chi connectivity index (χ1n) is 13.9. The molecule has 6 rings (SSSR count). The molecule has 0 atom stereocenters. The van der Waals surface area contributed by atoms with Gasteiger partial charge in [-0.1, -0.05) is 140 Å². The van der Waals surface area contributed by atoms with Crippen molar-refractivity contribution >= 4 is 5.69 Å². The van der Waals surface area contributed by atoms with Gasteiger partial charge in [0.1, 0.15) is 6.67 Å². The summed E-state index contributed by atoms with van der Waals surface area (Å²) in [5.41, 5.74) is 6.04. The Bertz CT molecular complexity index is 1490. The smallest absolute Gasteiger partial charge is 0.113 e. The van der Waals surface area contributed by atoms with Gasteiger partial charge in [-0.15, -0.1) is 5.11 Å². The van der Waals surface area contributed by atoms with Gasteiger partial charge in [-0.05, 0) is 46.7 Å². The highest BCUT2D eigenvalue weighted by Crippen LogP contribution is 2.48. The van der Waals surface area contributed by atoms with E-state index in [-0.39, 0.29) is 0 Å². The summed E-state index contributed by atoms with van der Waals surface area (Å²) in [5, 5.41) is 13.5. The van der Waals surface area contributed by atoms with Crippen LogP contribution in [-0.2, 0) is 12.0 Å². The Labute approximate surface area is 242 Å². The Morgan fingerprint density at radius 1 is 0.585 bits per heavy atom. The number of nitrogens with zero attached hydrogens (tertiary/aromatic N) is 5. The van der Waals surface area contributed by atoms with Crippen molar-refractivity contribution in [1.29, 1.82) is 0 Å². The Morgan fingerprint density at radius 2 is 1.02 bits per heavy atom. The molecule has 5 nitrogen and oxygen atoms in total. The van der Waals surface area contributed by atoms with Gasteiger partial charge >= 0.3 is 0 Å². The maximum absolute atomic E-state index is 4.68. The van der Waals surface area contributed by atoms with E-state index >= 15 is 0 Å². The van der Waals surface area contributed by atoms with Gasteiger partial charge < -0.3 is 0 Å². The molecular weight excluding hydrogens is 502 g/mol. The van der Waals surface area contributed by atoms with Gasteiger partial charge in [-0.25, -0.2) is 5.01 Å². The summed E-state index contributed by atoms with van der Waals surface area (Å²) in [6.45, 7) is 1.33. The fraction of sp³-hybridized carbons (Fsp3) is 0.111. The van der Waals surface area contributed by atoms with Crippen LogP contribution in [0.3, 0.4) is 0 Å². The lowest BCUT2D eigenvalue weighted by Crippen LogP contribution is -2.51. The normalized spacial score (nSPS) is 13.4. The molecule has 1 heterocycles. The van der Waals surface area contributed by atoms with Crippen LogP contribution in [0.4, 0.5) is 5.69 Å². The molecule has 202 valence electrons. The number of allylic oxidation sites excluding steroid dienone is 1. The first-order valence-corrected chi connectivity index (χ1v) is 13.9. The highest BCUT2D eigenvalue weighted by molar-refractivity contribution is 5.65. The second-order valence-corrected chi connectivity index (χ2v) is 10.2. The zero-order chi connectivity index (χ0) is 27.9. The van der Waals surface area contributed by atoms with Crippen molar-refractivity contribution in [3.63, 3.8) is 0 Å². The van der Waals surface area contributed by atoms with E-state index in [9.17, 15) is 0 Å². The van der Waals surface area contributed by atoms with Crippen LogP contribution in [0.25, 0.3) is 0 Å². The fourth-order valence-electron chi connectivity index (χ4n) is 5.72. The molecule has 0 bridgehead atoms. The zero-order valence-electron chi connectivity index (χ0n) is 23.2. The molecule has 0 saturated heterocycles. The molecule has 0 spiro atoms. The lowest BCUT2D eigenvalue weighted by molar-refractivity contribution is 0.132. The number of anilines is 1. The van der Waals surface area contributed by atoms with E-state index in [0.29, 0.717) is 6.67 Å². The Hall–Kier alpha value is -5.00. The summed E-state index contributed by atoms with van der Waals surface area (Å²) < 4.78 is 0. The van der Waals surface area contributed by atoms with Crippen molar-refractivity contribution in [3.8, 4) is 0 Å². The van der Waals surface area contributed by atoms with Gasteiger partial charge in [0.25, 0.3) is 0 Å². The highest BCUT2D eigenvalue weighted by atomic mass is 15.8. The van der Waals surface area contributed by atoms with Crippen LogP contribution in [0, 0.1) is 0 Å². The minimum atomic E-state index is -0.671. The van der Waals surface area contributed by atoms with Crippen LogP contribution in [0.5, 0.6) is 0 Å². The minimum Gasteiger partial charge on any atom is -0.282 e. The van der Waals surface area contributed by atoms with Crippen molar-refractivity contribution in [1.82, 2.24) is 10.0 Å². The lowest BCUT2D eigenvalue weighted by atomic mass is 9.67. The van der Waals surface area contributed by atoms with Gasteiger partial charge in [-0.2, -0.15) is 5.12 Å². The molecule has 0 aliphatic carbocycles. The standard InChI is InChI=1S/C36H33N5/c1-39(28-30-17-7-2-8-18-30)29-40-38-37-27-35(41(40)34-25-15-6-16-26-34)36(31-19-9-3-10-20-31,32-21-11-4-12-22-32)33-23-13-5-14-24-33/h2-27H,28-29H2,1H3. The van der Waals surface area contributed by atoms with Crippen LogP contribution >= 0.6 is 0 Å². The average molecular weight is 536 g/mol. The second kappa shape index (κ2) is 12.0. The molecule has 5 heteroatoms. The molecule has 0 fully saturated rings. The topological polar surface area (TPSA) is 34.4 Å². The zero-order valence-corrected chi connectivity index (χ0v) is 23.2. The average Bonchev–Trinajstić information content (AvgIpc) is 3.04. The summed E-state index contributed by atoms with van der Waals surface area (Å²) in [7, 11) is 2.11. The Morgan fingerprint density at radius 3 is 1.51 bits per heavy atom. The number of para-hydroxylation sites is 1. The van der Waals surface area contributed by atoms with Crippen molar-refractivity contribution < 1.29 is 0 Å². The summed E-state index contributed by atoms with van der Waals surface area (Å²) in [5.74, 6) is 0. The van der Waals surface area contributed by atoms with E-state index in [0.717, 1.165) is 34.6 Å². The van der Waals surface area contributed by atoms with Crippen molar-refractivity contribution in [2.24, 2.45) is 10.3 Å². The quantitative estimate of drug-likeness (QED) is 0.179. The molecule has 0 radical (unpaired) electrons. The predicted octanol–water partition coefficient (Wildman–Crippen LogP) is 8.06. The van der Waals surface area contributed by atoms with Crippen LogP contribution in [0.1, 0.15) is 22.3 Å². The molecule has 0 amide bonds. The maximum atomic E-state index is 4.68. The van der Waals surface area contributed by atoms with Crippen LogP contribution in [0.2, 0.25) is 0 Å². The third-order valence-electron chi connectivity index (χ3n) is 7.46. The summed E-state index contributed by atoms with van der Waals surface area (Å²) >= 11 is 0. The fourth-order valence-corrected chi connectivity index (χ4v) is 5.72. The SMILES string of the molecule is CN(Cc1ccccc1)CN1N=NC=C(C(c2ccccc2)(c2ccccc2)c2ccccc2)N1c1ccccc1. The summed E-state index contributed by atoms with van der Waals surface area (Å²) in [6.07, 6.45) is 1.92. The highest BCUT2D eigenvalue weighted by Gasteiger charge is 2.45. The van der Waals surface area contributed by atoms with Gasteiger partial charge in [0.15, 0.2) is 0 Å². The number of hydrazine groups is 1. The molecule has 0 unspecified atom stereocenters. The van der Waals surface area contributed by atoms with E-state index in [2.05, 4.69) is 167 Å². The molecule has 0 aromatic heterocycles. The first kappa shape index (κ1) is 26.2. The number of rotatable bonds is 9. The van der Waals surface area contributed by atoms with Crippen molar-refractivity contribution in [2.45, 2.75) is 12.0 Å². The number of hydrogen-bond acceptors (Lipinski definition) is 5. The molecule has 1 aliphatic heterocycles. The van der Waals surface area contributed by atoms with E-state index in [1.54, 1.807) is 0 Å². The monoisotopic (exact) mass is 535 g/mol. The molecular formula is C36H33N5. The van der Waals surface area contributed by atoms with Gasteiger partial charge in [-0.3, -0.25) is 4.90 Å². The van der Waals surface area contributed by atoms with E-state index < -0.39 is 5.41 Å². The molecule has 1 aliphatic rings. The summed E-state index contributed by atoms with van der Waals surface area (Å²) in [4.78, 5) is 2.25. The third kappa shape index (κ3) is 5.28. The van der Waals surface area contributed by atoms with E-state index in [1.165, 1.54) is 5.56 Å². The van der Waals surface area contributed by atoms with Crippen LogP contribution in [-0.4, -0.2) is 23.7 Å². The second-order valence-electron chi connectivity index (χ2n) is 10.2. The molecule has 0 saturated carbocycles. The Balaban J connectivity index is 1.54. The van der Waals surface area contributed by atoms with Crippen molar-refractivity contribution in [2.75, 3.05) is 18.7 Å². The predicted molar refractivity (Wildman–Crippen MR) is 166 cm³/mol. The molecule has 41 heavy (non-hydrogen) atoms. The molecule has 5 aromatic carbocycles. The third-order valence-corrected chi connectivity index (χ3v) is 7.46. The number of hydrogen-bond donors (Lipinski definition) is 0. The summed E-state index contributed by atoms with van der Waals surface area (Å²) in [6, 6.07) is 53.1. The lowest BCUT2D eigenvalue weighted by Gasteiger charge is -2.47. The van der Waals surface area contributed by atoms with Crippen molar-refractivity contribution in [3.05, 3.63) is 186 Å². The Kier molecular flexibility index (Phi) is 7.70. The molecule has 5 aromatic rings. The minimum absolute atomic E-state index is 0.541. The largest absolute Gasteiger partial charge is 0.282 e. The number of benzene rings is 5. The van der Waals surface area contributed by atoms with Crippen LogP contribution in [0.15, 0.2) is 174 Å². The van der Waals surface area contributed by atoms with Crippen LogP contribution < -0.4 is 5.01 Å². The van der Waals surface area contributed by atoms with E-state index in [4.69, 9.17) is 0 Å².